The van der Waals surface area contributed by atoms with Crippen LogP contribution in [0.25, 0.3) is 10.6 Å². The largest absolute Gasteiger partial charge is 0.326 e. The topological polar surface area (TPSA) is 42.0 Å². The molecule has 0 radical (unpaired) electrons. The second-order valence-corrected chi connectivity index (χ2v) is 6.03. The van der Waals surface area contributed by atoms with Crippen LogP contribution in [0.15, 0.2) is 60.1 Å². The van der Waals surface area contributed by atoms with Crippen LogP contribution in [0, 0.1) is 0 Å². The highest BCUT2D eigenvalue weighted by Crippen LogP contribution is 2.23. The molecular formula is C17H13ClN2OS. The third-order valence-electron chi connectivity index (χ3n) is 3.16. The van der Waals surface area contributed by atoms with Gasteiger partial charge in [0.2, 0.25) is 5.91 Å². The molecule has 0 saturated heterocycles. The number of thiazole rings is 1. The van der Waals surface area contributed by atoms with E-state index in [9.17, 15) is 4.79 Å². The molecule has 0 aliphatic carbocycles. The Balaban J connectivity index is 1.66. The first-order chi connectivity index (χ1) is 10.7. The Labute approximate surface area is 137 Å². The van der Waals surface area contributed by atoms with Crippen LogP contribution in [0.2, 0.25) is 5.02 Å². The Hall–Kier alpha value is -2.17. The Morgan fingerprint density at radius 1 is 1.14 bits per heavy atom. The lowest BCUT2D eigenvalue weighted by atomic mass is 10.1. The molecule has 1 heterocycles. The zero-order valence-electron chi connectivity index (χ0n) is 11.6. The average Bonchev–Trinajstić information content (AvgIpc) is 3.05. The summed E-state index contributed by atoms with van der Waals surface area (Å²) in [6.45, 7) is 0. The van der Waals surface area contributed by atoms with E-state index in [0.29, 0.717) is 5.02 Å². The number of hydrogen-bond donors (Lipinski definition) is 1. The number of benzene rings is 2. The predicted molar refractivity (Wildman–Crippen MR) is 91.3 cm³/mol. The first-order valence-corrected chi connectivity index (χ1v) is 8.01. The highest BCUT2D eigenvalue weighted by atomic mass is 35.5. The van der Waals surface area contributed by atoms with Crippen molar-refractivity contribution >= 4 is 34.5 Å². The van der Waals surface area contributed by atoms with Gasteiger partial charge in [-0.3, -0.25) is 4.79 Å². The molecule has 0 unspecified atom stereocenters. The van der Waals surface area contributed by atoms with Gasteiger partial charge in [0.15, 0.2) is 0 Å². The van der Waals surface area contributed by atoms with E-state index in [2.05, 4.69) is 10.3 Å². The van der Waals surface area contributed by atoms with Crippen molar-refractivity contribution in [2.24, 2.45) is 0 Å². The van der Waals surface area contributed by atoms with Gasteiger partial charge >= 0.3 is 0 Å². The molecule has 1 amide bonds. The number of nitrogens with zero attached hydrogens (tertiary/aromatic N) is 1. The zero-order chi connectivity index (χ0) is 15.4. The van der Waals surface area contributed by atoms with Crippen LogP contribution >= 0.6 is 22.9 Å². The number of carbonyl (C=O) groups is 1. The number of carbonyl (C=O) groups excluding carboxylic acids is 1. The number of amides is 1. The SMILES string of the molecule is O=C(Cc1ccccc1Cl)Nc1ccc(-c2nccs2)cc1. The van der Waals surface area contributed by atoms with Gasteiger partial charge in [-0.2, -0.15) is 0 Å². The normalized spacial score (nSPS) is 10.4. The number of nitrogens with one attached hydrogen (secondary N) is 1. The molecule has 0 bridgehead atoms. The average molecular weight is 329 g/mol. The van der Waals surface area contributed by atoms with Crippen molar-refractivity contribution in [2.45, 2.75) is 6.42 Å². The van der Waals surface area contributed by atoms with Gasteiger partial charge < -0.3 is 5.32 Å². The number of rotatable bonds is 4. The summed E-state index contributed by atoms with van der Waals surface area (Å²) in [4.78, 5) is 16.3. The molecule has 5 heteroatoms. The minimum atomic E-state index is -0.0879. The van der Waals surface area contributed by atoms with Crippen LogP contribution in [-0.2, 0) is 11.2 Å². The van der Waals surface area contributed by atoms with Crippen molar-refractivity contribution in [1.29, 1.82) is 0 Å². The van der Waals surface area contributed by atoms with E-state index in [1.807, 2.05) is 47.8 Å². The molecule has 0 saturated carbocycles. The standard InChI is InChI=1S/C17H13ClN2OS/c18-15-4-2-1-3-13(15)11-16(21)20-14-7-5-12(6-8-14)17-19-9-10-22-17/h1-10H,11H2,(H,20,21). The summed E-state index contributed by atoms with van der Waals surface area (Å²) in [7, 11) is 0. The summed E-state index contributed by atoms with van der Waals surface area (Å²) in [5.74, 6) is -0.0879. The molecule has 0 atom stereocenters. The fourth-order valence-corrected chi connectivity index (χ4v) is 2.93. The van der Waals surface area contributed by atoms with E-state index in [1.54, 1.807) is 23.6 Å². The van der Waals surface area contributed by atoms with Gasteiger partial charge in [-0.25, -0.2) is 4.98 Å². The maximum absolute atomic E-state index is 12.1. The first kappa shape index (κ1) is 14.8. The van der Waals surface area contributed by atoms with E-state index >= 15 is 0 Å². The molecule has 1 N–H and O–H groups in total. The van der Waals surface area contributed by atoms with Crippen LogP contribution in [0.3, 0.4) is 0 Å². The predicted octanol–water partition coefficient (Wildman–Crippen LogP) is 4.64. The van der Waals surface area contributed by atoms with Crippen molar-refractivity contribution < 1.29 is 4.79 Å². The maximum atomic E-state index is 12.1. The molecule has 0 aliphatic heterocycles. The Kier molecular flexibility index (Phi) is 4.51. The summed E-state index contributed by atoms with van der Waals surface area (Å²) in [5, 5.41) is 6.39. The van der Waals surface area contributed by atoms with E-state index in [0.717, 1.165) is 21.8 Å². The van der Waals surface area contributed by atoms with Crippen LogP contribution in [0.4, 0.5) is 5.69 Å². The molecule has 2 aromatic carbocycles. The summed E-state index contributed by atoms with van der Waals surface area (Å²) in [6, 6.07) is 15.0. The minimum Gasteiger partial charge on any atom is -0.326 e. The van der Waals surface area contributed by atoms with Crippen molar-refractivity contribution in [2.75, 3.05) is 5.32 Å². The minimum absolute atomic E-state index is 0.0879. The van der Waals surface area contributed by atoms with Crippen LogP contribution in [0.1, 0.15) is 5.56 Å². The van der Waals surface area contributed by atoms with E-state index in [-0.39, 0.29) is 12.3 Å². The second kappa shape index (κ2) is 6.73. The highest BCUT2D eigenvalue weighted by Gasteiger charge is 2.07. The van der Waals surface area contributed by atoms with Gasteiger partial charge in [0, 0.05) is 27.9 Å². The zero-order valence-corrected chi connectivity index (χ0v) is 13.2. The van der Waals surface area contributed by atoms with Gasteiger partial charge in [-0.15, -0.1) is 11.3 Å². The van der Waals surface area contributed by atoms with E-state index < -0.39 is 0 Å². The van der Waals surface area contributed by atoms with Crippen molar-refractivity contribution in [3.63, 3.8) is 0 Å². The van der Waals surface area contributed by atoms with Crippen LogP contribution in [-0.4, -0.2) is 10.9 Å². The molecular weight excluding hydrogens is 316 g/mol. The lowest BCUT2D eigenvalue weighted by Crippen LogP contribution is -2.14. The van der Waals surface area contributed by atoms with Crippen molar-refractivity contribution in [3.05, 3.63) is 70.7 Å². The smallest absolute Gasteiger partial charge is 0.228 e. The van der Waals surface area contributed by atoms with Crippen molar-refractivity contribution in [3.8, 4) is 10.6 Å². The van der Waals surface area contributed by atoms with Gasteiger partial charge in [-0.1, -0.05) is 29.8 Å². The Morgan fingerprint density at radius 2 is 1.91 bits per heavy atom. The van der Waals surface area contributed by atoms with Crippen LogP contribution < -0.4 is 5.32 Å². The molecule has 3 rings (SSSR count). The summed E-state index contributed by atoms with van der Waals surface area (Å²) < 4.78 is 0. The number of aromatic nitrogens is 1. The molecule has 0 spiro atoms. The monoisotopic (exact) mass is 328 g/mol. The summed E-state index contributed by atoms with van der Waals surface area (Å²) >= 11 is 7.65. The van der Waals surface area contributed by atoms with E-state index in [1.165, 1.54) is 0 Å². The Bertz CT molecular complexity index is 770. The highest BCUT2D eigenvalue weighted by molar-refractivity contribution is 7.13. The maximum Gasteiger partial charge on any atom is 0.228 e. The quantitative estimate of drug-likeness (QED) is 0.757. The molecule has 110 valence electrons. The van der Waals surface area contributed by atoms with Crippen molar-refractivity contribution in [1.82, 2.24) is 4.98 Å². The number of halogens is 1. The summed E-state index contributed by atoms with van der Waals surface area (Å²) in [5.41, 5.74) is 2.62. The molecule has 3 aromatic rings. The fraction of sp³-hybridized carbons (Fsp3) is 0.0588. The molecule has 22 heavy (non-hydrogen) atoms. The molecule has 3 nitrogen and oxygen atoms in total. The van der Waals surface area contributed by atoms with E-state index in [4.69, 9.17) is 11.6 Å². The van der Waals surface area contributed by atoms with Gasteiger partial charge in [0.05, 0.1) is 6.42 Å². The van der Waals surface area contributed by atoms with Gasteiger partial charge in [-0.05, 0) is 35.9 Å². The second-order valence-electron chi connectivity index (χ2n) is 4.73. The lowest BCUT2D eigenvalue weighted by Gasteiger charge is -2.07. The van der Waals surface area contributed by atoms with Gasteiger partial charge in [0.1, 0.15) is 5.01 Å². The fourth-order valence-electron chi connectivity index (χ4n) is 2.08. The first-order valence-electron chi connectivity index (χ1n) is 6.75. The molecule has 0 aliphatic rings. The van der Waals surface area contributed by atoms with Crippen LogP contribution in [0.5, 0.6) is 0 Å². The summed E-state index contributed by atoms with van der Waals surface area (Å²) in [6.07, 6.45) is 2.03. The third-order valence-corrected chi connectivity index (χ3v) is 4.35. The number of hydrogen-bond acceptors (Lipinski definition) is 3. The third kappa shape index (κ3) is 3.53. The Morgan fingerprint density at radius 3 is 2.59 bits per heavy atom. The molecule has 0 fully saturated rings. The number of anilines is 1. The van der Waals surface area contributed by atoms with Gasteiger partial charge in [0.25, 0.3) is 0 Å². The lowest BCUT2D eigenvalue weighted by molar-refractivity contribution is -0.115. The molecule has 1 aromatic heterocycles.